The van der Waals surface area contributed by atoms with Crippen LogP contribution in [-0.2, 0) is 22.6 Å². The third-order valence-corrected chi connectivity index (χ3v) is 6.55. The molecule has 1 aliphatic heterocycles. The van der Waals surface area contributed by atoms with Crippen molar-refractivity contribution in [2.45, 2.75) is 19.9 Å². The highest BCUT2D eigenvalue weighted by molar-refractivity contribution is 6.30. The van der Waals surface area contributed by atoms with Crippen LogP contribution in [0.5, 0.6) is 0 Å². The third-order valence-electron chi connectivity index (χ3n) is 6.31. The molecule has 1 N–H and O–H groups in total. The predicted octanol–water partition coefficient (Wildman–Crippen LogP) is 5.69. The van der Waals surface area contributed by atoms with E-state index >= 15 is 0 Å². The number of rotatable bonds is 6. The van der Waals surface area contributed by atoms with Crippen LogP contribution in [0.1, 0.15) is 16.7 Å². The average molecular weight is 511 g/mol. The third kappa shape index (κ3) is 5.29. The van der Waals surface area contributed by atoms with Crippen molar-refractivity contribution < 1.29 is 19.0 Å². The Labute approximate surface area is 220 Å². The number of carbonyl (C=O) groups is 3. The van der Waals surface area contributed by atoms with Gasteiger partial charge in [-0.15, -0.1) is 4.90 Å². The molecule has 5 rings (SSSR count). The van der Waals surface area contributed by atoms with Crippen molar-refractivity contribution in [3.8, 4) is 0 Å². The molecule has 184 valence electrons. The molecule has 0 bridgehead atoms. The van der Waals surface area contributed by atoms with Crippen LogP contribution in [0.2, 0.25) is 5.02 Å². The average Bonchev–Trinajstić information content (AvgIpc) is 2.88. The molecule has 4 amide bonds. The Balaban J connectivity index is 1.38. The lowest BCUT2D eigenvalue weighted by Gasteiger charge is -2.26. The number of urea groups is 1. The van der Waals surface area contributed by atoms with Gasteiger partial charge in [-0.1, -0.05) is 66.2 Å². The van der Waals surface area contributed by atoms with Crippen molar-refractivity contribution in [1.29, 1.82) is 0 Å². The Kier molecular flexibility index (Phi) is 6.84. The number of amides is 4. The molecule has 1 aliphatic carbocycles. The van der Waals surface area contributed by atoms with Crippen LogP contribution in [0.15, 0.2) is 97.1 Å². The molecule has 0 aromatic heterocycles. The molecule has 2 aliphatic rings. The maximum Gasteiger partial charge on any atom is 0.506 e. The van der Waals surface area contributed by atoms with Crippen molar-refractivity contribution in [1.82, 2.24) is 0 Å². The van der Waals surface area contributed by atoms with E-state index in [-0.39, 0.29) is 24.8 Å². The second-order valence-corrected chi connectivity index (χ2v) is 9.52. The zero-order valence-electron chi connectivity index (χ0n) is 20.2. The minimum absolute atomic E-state index is 0.144. The van der Waals surface area contributed by atoms with Crippen molar-refractivity contribution in [2.75, 3.05) is 10.2 Å². The second-order valence-electron chi connectivity index (χ2n) is 9.08. The number of nitrogens with zero attached hydrogens (tertiary/aromatic N) is 2. The van der Waals surface area contributed by atoms with Crippen LogP contribution < -0.4 is 10.2 Å². The molecular formula is C30H25ClN3O3+. The van der Waals surface area contributed by atoms with Gasteiger partial charge in [0.2, 0.25) is 5.91 Å². The number of aryl methyl sites for hydroxylation is 1. The number of hydrogen-bond donors (Lipinski definition) is 1. The summed E-state index contributed by atoms with van der Waals surface area (Å²) in [5, 5.41) is 3.48. The summed E-state index contributed by atoms with van der Waals surface area (Å²) < 4.78 is 1.61. The van der Waals surface area contributed by atoms with Gasteiger partial charge in [-0.05, 0) is 66.1 Å². The fourth-order valence-corrected chi connectivity index (χ4v) is 4.77. The standard InChI is InChI=1S/C30H24ClN3O3/c1-20-6-4-9-24(16-20)32-28(35)18-21-12-14-25(15-13-21)34-29(36)26-10-2-3-11-27(26)33(30(34)37)19-22-7-5-8-23(31)17-22/h2-17,26H,18-19H2,1H3/p+1. The largest absolute Gasteiger partial charge is 0.506 e. The molecule has 1 heterocycles. The summed E-state index contributed by atoms with van der Waals surface area (Å²) in [5.74, 6) is -1.02. The molecule has 1 atom stereocenters. The first-order valence-electron chi connectivity index (χ1n) is 12.0. The maximum atomic E-state index is 13.6. The highest BCUT2D eigenvalue weighted by Crippen LogP contribution is 2.27. The number of halogens is 1. The molecule has 0 radical (unpaired) electrons. The molecule has 3 aromatic rings. The SMILES string of the molecule is Cc1cccc(NC(=O)Cc2ccc(N3C(=O)C4C=CC=CC4=[N+](Cc4cccc(Cl)c4)C3=O)cc2)c1. The van der Waals surface area contributed by atoms with Crippen LogP contribution in [-0.4, -0.2) is 28.1 Å². The van der Waals surface area contributed by atoms with Crippen LogP contribution in [0, 0.1) is 12.8 Å². The first-order chi connectivity index (χ1) is 17.9. The quantitative estimate of drug-likeness (QED) is 0.433. The van der Waals surface area contributed by atoms with Gasteiger partial charge in [-0.3, -0.25) is 4.79 Å². The molecule has 0 saturated heterocycles. The highest BCUT2D eigenvalue weighted by Gasteiger charge is 2.47. The summed E-state index contributed by atoms with van der Waals surface area (Å²) in [7, 11) is 0. The van der Waals surface area contributed by atoms with Gasteiger partial charge >= 0.3 is 11.9 Å². The summed E-state index contributed by atoms with van der Waals surface area (Å²) >= 11 is 6.16. The summed E-state index contributed by atoms with van der Waals surface area (Å²) in [6.45, 7) is 2.25. The normalized spacial score (nSPS) is 16.7. The van der Waals surface area contributed by atoms with Crippen LogP contribution >= 0.6 is 11.6 Å². The van der Waals surface area contributed by atoms with E-state index in [2.05, 4.69) is 5.32 Å². The lowest BCUT2D eigenvalue weighted by atomic mass is 9.94. The van der Waals surface area contributed by atoms with Gasteiger partial charge in [-0.2, -0.15) is 9.37 Å². The van der Waals surface area contributed by atoms with Crippen molar-refractivity contribution in [3.63, 3.8) is 0 Å². The molecule has 6 nitrogen and oxygen atoms in total. The smallest absolute Gasteiger partial charge is 0.326 e. The fourth-order valence-electron chi connectivity index (χ4n) is 4.55. The van der Waals surface area contributed by atoms with Crippen molar-refractivity contribution in [3.05, 3.63) is 119 Å². The zero-order valence-corrected chi connectivity index (χ0v) is 21.0. The molecule has 0 fully saturated rings. The van der Waals surface area contributed by atoms with Gasteiger partial charge in [0.15, 0.2) is 0 Å². The van der Waals surface area contributed by atoms with Crippen molar-refractivity contribution in [2.24, 2.45) is 5.92 Å². The summed E-state index contributed by atoms with van der Waals surface area (Å²) in [6.07, 6.45) is 7.41. The number of nitrogens with one attached hydrogen (secondary N) is 1. The summed E-state index contributed by atoms with van der Waals surface area (Å²) in [4.78, 5) is 40.8. The van der Waals surface area contributed by atoms with E-state index in [1.54, 1.807) is 47.1 Å². The van der Waals surface area contributed by atoms with Crippen molar-refractivity contribution >= 4 is 46.5 Å². The van der Waals surface area contributed by atoms with Gasteiger partial charge in [0.1, 0.15) is 23.9 Å². The molecule has 37 heavy (non-hydrogen) atoms. The van der Waals surface area contributed by atoms with E-state index < -0.39 is 11.9 Å². The Bertz CT molecular complexity index is 1490. The molecular weight excluding hydrogens is 486 g/mol. The minimum atomic E-state index is -0.568. The summed E-state index contributed by atoms with van der Waals surface area (Å²) in [6, 6.07) is 21.4. The lowest BCUT2D eigenvalue weighted by Crippen LogP contribution is -2.54. The monoisotopic (exact) mass is 510 g/mol. The molecule has 0 saturated carbocycles. The number of allylic oxidation sites excluding steroid dienone is 3. The minimum Gasteiger partial charge on any atom is -0.326 e. The number of carbonyl (C=O) groups excluding carboxylic acids is 3. The molecule has 1 unspecified atom stereocenters. The predicted molar refractivity (Wildman–Crippen MR) is 145 cm³/mol. The van der Waals surface area contributed by atoms with E-state index in [9.17, 15) is 14.4 Å². The Hall–Kier alpha value is -4.29. The lowest BCUT2D eigenvalue weighted by molar-refractivity contribution is -0.445. The molecule has 7 heteroatoms. The maximum absolute atomic E-state index is 13.6. The van der Waals surface area contributed by atoms with Gasteiger partial charge < -0.3 is 5.32 Å². The molecule has 0 spiro atoms. The van der Waals surface area contributed by atoms with Crippen LogP contribution in [0.25, 0.3) is 0 Å². The first-order valence-corrected chi connectivity index (χ1v) is 12.3. The van der Waals surface area contributed by atoms with E-state index in [1.165, 1.54) is 4.90 Å². The topological polar surface area (TPSA) is 69.5 Å². The Morgan fingerprint density at radius 2 is 1.76 bits per heavy atom. The second kappa shape index (κ2) is 10.4. The van der Waals surface area contributed by atoms with Gasteiger partial charge in [-0.25, -0.2) is 4.79 Å². The van der Waals surface area contributed by atoms with Gasteiger partial charge in [0.05, 0.1) is 6.42 Å². The Morgan fingerprint density at radius 3 is 2.51 bits per heavy atom. The number of imide groups is 1. The van der Waals surface area contributed by atoms with Crippen LogP contribution in [0.3, 0.4) is 0 Å². The van der Waals surface area contributed by atoms with E-state index in [1.807, 2.05) is 61.5 Å². The number of benzene rings is 3. The number of hydrogen-bond acceptors (Lipinski definition) is 3. The van der Waals surface area contributed by atoms with E-state index in [0.29, 0.717) is 16.4 Å². The molecule has 3 aromatic carbocycles. The zero-order chi connectivity index (χ0) is 25.9. The van der Waals surface area contributed by atoms with E-state index in [0.717, 1.165) is 22.4 Å². The number of fused-ring (bicyclic) bond motifs is 1. The Morgan fingerprint density at radius 1 is 0.973 bits per heavy atom. The van der Waals surface area contributed by atoms with Gasteiger partial charge in [0, 0.05) is 10.7 Å². The summed E-state index contributed by atoms with van der Waals surface area (Å²) in [5.41, 5.74) is 4.53. The fraction of sp³-hybridized carbons (Fsp3) is 0.133. The van der Waals surface area contributed by atoms with E-state index in [4.69, 9.17) is 11.6 Å². The highest BCUT2D eigenvalue weighted by atomic mass is 35.5. The van der Waals surface area contributed by atoms with Gasteiger partial charge in [0.25, 0.3) is 0 Å². The first kappa shape index (κ1) is 24.4. The van der Waals surface area contributed by atoms with Crippen LogP contribution in [0.4, 0.5) is 16.2 Å². The number of anilines is 2.